The van der Waals surface area contributed by atoms with E-state index in [1.54, 1.807) is 0 Å². The van der Waals surface area contributed by atoms with Gasteiger partial charge >= 0.3 is 11.9 Å². The van der Waals surface area contributed by atoms with Gasteiger partial charge in [0.25, 0.3) is 0 Å². The standard InChI is InChI=1S/C8H11NO5S/c1-13-7(10)5-4(9-12)3-15-6(5)8(11)14-2/h5-6,12H,3H2,1-2H3/b9-4-/t5-,6+/m1/s1. The molecule has 1 saturated heterocycles. The first-order valence-corrected chi connectivity index (χ1v) is 5.18. The van der Waals surface area contributed by atoms with Crippen molar-refractivity contribution in [2.24, 2.45) is 11.1 Å². The van der Waals surface area contributed by atoms with Crippen LogP contribution in [0.2, 0.25) is 0 Å². The van der Waals surface area contributed by atoms with Gasteiger partial charge < -0.3 is 14.7 Å². The van der Waals surface area contributed by atoms with E-state index in [1.165, 1.54) is 26.0 Å². The number of thioether (sulfide) groups is 1. The minimum Gasteiger partial charge on any atom is -0.468 e. The highest BCUT2D eigenvalue weighted by molar-refractivity contribution is 8.01. The van der Waals surface area contributed by atoms with Gasteiger partial charge in [-0.3, -0.25) is 9.59 Å². The summed E-state index contributed by atoms with van der Waals surface area (Å²) in [5, 5.41) is 11.0. The minimum absolute atomic E-state index is 0.238. The van der Waals surface area contributed by atoms with Gasteiger partial charge in [-0.1, -0.05) is 5.16 Å². The van der Waals surface area contributed by atoms with Crippen LogP contribution >= 0.6 is 11.8 Å². The Balaban J connectivity index is 2.91. The first-order valence-electron chi connectivity index (χ1n) is 4.13. The number of hydrogen-bond donors (Lipinski definition) is 1. The zero-order valence-corrected chi connectivity index (χ0v) is 9.11. The Morgan fingerprint density at radius 1 is 1.40 bits per heavy atom. The van der Waals surface area contributed by atoms with Gasteiger partial charge in [-0.05, 0) is 0 Å². The van der Waals surface area contributed by atoms with Crippen LogP contribution in [0.4, 0.5) is 0 Å². The molecule has 2 atom stereocenters. The Bertz CT molecular complexity index is 303. The highest BCUT2D eigenvalue weighted by Gasteiger charge is 2.45. The van der Waals surface area contributed by atoms with Crippen LogP contribution < -0.4 is 0 Å². The zero-order valence-electron chi connectivity index (χ0n) is 8.30. The van der Waals surface area contributed by atoms with Gasteiger partial charge in [-0.15, -0.1) is 11.8 Å². The molecule has 84 valence electrons. The Labute approximate surface area is 90.6 Å². The third-order valence-electron chi connectivity index (χ3n) is 2.09. The van der Waals surface area contributed by atoms with E-state index < -0.39 is 23.1 Å². The maximum absolute atomic E-state index is 11.4. The lowest BCUT2D eigenvalue weighted by molar-refractivity contribution is -0.148. The molecule has 0 aliphatic carbocycles. The highest BCUT2D eigenvalue weighted by atomic mass is 32.2. The predicted octanol–water partition coefficient (Wildman–Crippen LogP) is -0.106. The molecule has 0 spiro atoms. The maximum Gasteiger partial charge on any atom is 0.320 e. The molecule has 0 aromatic heterocycles. The second kappa shape index (κ2) is 5.01. The largest absolute Gasteiger partial charge is 0.468 e. The van der Waals surface area contributed by atoms with Crippen molar-refractivity contribution >= 4 is 29.4 Å². The number of rotatable bonds is 2. The number of methoxy groups -OCH3 is 2. The Kier molecular flexibility index (Phi) is 3.96. The molecular weight excluding hydrogens is 222 g/mol. The topological polar surface area (TPSA) is 85.2 Å². The molecule has 0 radical (unpaired) electrons. The Morgan fingerprint density at radius 2 is 2.00 bits per heavy atom. The van der Waals surface area contributed by atoms with Gasteiger partial charge in [-0.2, -0.15) is 0 Å². The number of nitrogens with zero attached hydrogens (tertiary/aromatic N) is 1. The molecule has 0 unspecified atom stereocenters. The van der Waals surface area contributed by atoms with Crippen LogP contribution in [0.3, 0.4) is 0 Å². The zero-order chi connectivity index (χ0) is 11.4. The van der Waals surface area contributed by atoms with Gasteiger partial charge in [0.1, 0.15) is 11.2 Å². The van der Waals surface area contributed by atoms with E-state index in [4.69, 9.17) is 5.21 Å². The lowest BCUT2D eigenvalue weighted by atomic mass is 10.0. The lowest BCUT2D eigenvalue weighted by Gasteiger charge is -2.13. The van der Waals surface area contributed by atoms with E-state index in [0.29, 0.717) is 5.75 Å². The summed E-state index contributed by atoms with van der Waals surface area (Å²) in [5.41, 5.74) is 0.238. The fraction of sp³-hybridized carbons (Fsp3) is 0.625. The minimum atomic E-state index is -0.850. The van der Waals surface area contributed by atoms with Crippen molar-refractivity contribution in [3.8, 4) is 0 Å². The SMILES string of the molecule is COC(=O)[C@H]1SC/C(=N/O)[C@H]1C(=O)OC. The number of oxime groups is 1. The third-order valence-corrected chi connectivity index (χ3v) is 3.38. The van der Waals surface area contributed by atoms with E-state index in [2.05, 4.69) is 14.6 Å². The van der Waals surface area contributed by atoms with Crippen LogP contribution in [0.15, 0.2) is 5.16 Å². The molecule has 6 nitrogen and oxygen atoms in total. The second-order valence-electron chi connectivity index (χ2n) is 2.85. The summed E-state index contributed by atoms with van der Waals surface area (Å²) in [6.07, 6.45) is 0. The van der Waals surface area contributed by atoms with E-state index >= 15 is 0 Å². The molecule has 0 saturated carbocycles. The van der Waals surface area contributed by atoms with Crippen molar-refractivity contribution in [3.05, 3.63) is 0 Å². The average molecular weight is 233 g/mol. The molecule has 0 aromatic rings. The van der Waals surface area contributed by atoms with Crippen molar-refractivity contribution in [2.45, 2.75) is 5.25 Å². The van der Waals surface area contributed by atoms with Crippen LogP contribution in [0.1, 0.15) is 0 Å². The second-order valence-corrected chi connectivity index (χ2v) is 3.98. The molecule has 1 aliphatic rings. The fourth-order valence-corrected chi connectivity index (χ4v) is 2.61. The van der Waals surface area contributed by atoms with Crippen LogP contribution in [-0.2, 0) is 19.1 Å². The number of carbonyl (C=O) groups excluding carboxylic acids is 2. The van der Waals surface area contributed by atoms with Crippen molar-refractivity contribution in [1.29, 1.82) is 0 Å². The van der Waals surface area contributed by atoms with Crippen LogP contribution in [0.25, 0.3) is 0 Å². The molecule has 1 N–H and O–H groups in total. The van der Waals surface area contributed by atoms with Crippen LogP contribution in [0, 0.1) is 5.92 Å². The Morgan fingerprint density at radius 3 is 2.47 bits per heavy atom. The van der Waals surface area contributed by atoms with Crippen LogP contribution in [0.5, 0.6) is 0 Å². The normalized spacial score (nSPS) is 27.7. The molecule has 7 heteroatoms. The fourth-order valence-electron chi connectivity index (χ4n) is 1.33. The van der Waals surface area contributed by atoms with Crippen molar-refractivity contribution in [2.75, 3.05) is 20.0 Å². The first kappa shape index (κ1) is 11.8. The quantitative estimate of drug-likeness (QED) is 0.407. The monoisotopic (exact) mass is 233 g/mol. The molecular formula is C8H11NO5S. The highest BCUT2D eigenvalue weighted by Crippen LogP contribution is 2.32. The van der Waals surface area contributed by atoms with E-state index in [1.807, 2.05) is 0 Å². The third kappa shape index (κ3) is 2.23. The van der Waals surface area contributed by atoms with E-state index in [-0.39, 0.29) is 5.71 Å². The van der Waals surface area contributed by atoms with Crippen LogP contribution in [-0.4, -0.2) is 48.1 Å². The summed E-state index contributed by atoms with van der Waals surface area (Å²) in [7, 11) is 2.46. The van der Waals surface area contributed by atoms with E-state index in [0.717, 1.165) is 0 Å². The van der Waals surface area contributed by atoms with Gasteiger partial charge in [0.05, 0.1) is 19.9 Å². The summed E-state index contributed by atoms with van der Waals surface area (Å²) >= 11 is 1.19. The number of carbonyl (C=O) groups is 2. The van der Waals surface area contributed by atoms with Crippen molar-refractivity contribution < 1.29 is 24.3 Å². The summed E-state index contributed by atoms with van der Waals surface area (Å²) in [6, 6.07) is 0. The van der Waals surface area contributed by atoms with Gasteiger partial charge in [0, 0.05) is 5.75 Å². The number of hydrogen-bond acceptors (Lipinski definition) is 7. The smallest absolute Gasteiger partial charge is 0.320 e. The molecule has 1 rings (SSSR count). The molecule has 0 amide bonds. The van der Waals surface area contributed by atoms with Gasteiger partial charge in [0.2, 0.25) is 0 Å². The van der Waals surface area contributed by atoms with Gasteiger partial charge in [-0.25, -0.2) is 0 Å². The molecule has 0 bridgehead atoms. The lowest BCUT2D eigenvalue weighted by Crippen LogP contribution is -2.34. The summed E-state index contributed by atoms with van der Waals surface area (Å²) in [6.45, 7) is 0. The molecule has 1 fully saturated rings. The van der Waals surface area contributed by atoms with Gasteiger partial charge in [0.15, 0.2) is 0 Å². The average Bonchev–Trinajstić information content (AvgIpc) is 2.70. The van der Waals surface area contributed by atoms with Crippen molar-refractivity contribution in [3.63, 3.8) is 0 Å². The van der Waals surface area contributed by atoms with Crippen molar-refractivity contribution in [1.82, 2.24) is 0 Å². The van der Waals surface area contributed by atoms with E-state index in [9.17, 15) is 9.59 Å². The maximum atomic E-state index is 11.4. The Hall–Kier alpha value is -1.24. The molecule has 15 heavy (non-hydrogen) atoms. The number of esters is 2. The first-order chi connectivity index (χ1) is 7.15. The molecule has 1 heterocycles. The molecule has 1 aliphatic heterocycles. The number of ether oxygens (including phenoxy) is 2. The predicted molar refractivity (Wildman–Crippen MR) is 53.0 cm³/mol. The summed E-state index contributed by atoms with van der Waals surface area (Å²) < 4.78 is 9.09. The summed E-state index contributed by atoms with van der Waals surface area (Å²) in [5.74, 6) is -1.65. The molecule has 0 aromatic carbocycles. The summed E-state index contributed by atoms with van der Waals surface area (Å²) in [4.78, 5) is 22.7.